The van der Waals surface area contributed by atoms with Gasteiger partial charge in [0.2, 0.25) is 5.95 Å². The van der Waals surface area contributed by atoms with Gasteiger partial charge in [-0.05, 0) is 49.9 Å². The number of urea groups is 1. The molecule has 1 aromatic heterocycles. The second-order valence-corrected chi connectivity index (χ2v) is 9.20. The number of nitrogens with zero attached hydrogens (tertiary/aromatic N) is 4. The lowest BCUT2D eigenvalue weighted by Gasteiger charge is -2.32. The molecule has 11 nitrogen and oxygen atoms in total. The Morgan fingerprint density at radius 3 is 2.34 bits per heavy atom. The van der Waals surface area contributed by atoms with Crippen molar-refractivity contribution < 1.29 is 23.7 Å². The van der Waals surface area contributed by atoms with E-state index in [1.807, 2.05) is 24.3 Å². The van der Waals surface area contributed by atoms with E-state index >= 15 is 0 Å². The molecule has 0 radical (unpaired) electrons. The summed E-state index contributed by atoms with van der Waals surface area (Å²) in [5, 5.41) is 5.77. The van der Waals surface area contributed by atoms with E-state index in [2.05, 4.69) is 25.5 Å². The van der Waals surface area contributed by atoms with Crippen molar-refractivity contribution in [3.8, 4) is 17.4 Å². The number of methoxy groups -OCH3 is 2. The second kappa shape index (κ2) is 10.7. The highest BCUT2D eigenvalue weighted by atomic mass is 16.6. The number of hydrogen-bond acceptors (Lipinski definition) is 9. The first-order chi connectivity index (χ1) is 17.1. The number of carbonyl (C=O) groups is 1. The van der Waals surface area contributed by atoms with Gasteiger partial charge in [0.1, 0.15) is 6.10 Å². The van der Waals surface area contributed by atoms with Gasteiger partial charge in [-0.2, -0.15) is 15.0 Å². The molecule has 1 aromatic carbocycles. The van der Waals surface area contributed by atoms with Crippen LogP contribution < -0.4 is 20.3 Å². The highest BCUT2D eigenvalue weighted by Gasteiger charge is 2.35. The van der Waals surface area contributed by atoms with Crippen LogP contribution in [0.25, 0.3) is 11.4 Å². The third kappa shape index (κ3) is 6.16. The Balaban J connectivity index is 1.38. The van der Waals surface area contributed by atoms with Crippen molar-refractivity contribution in [3.05, 3.63) is 24.3 Å². The Hall–Kier alpha value is -3.02. The number of carbonyl (C=O) groups excluding carboxylic acids is 1. The van der Waals surface area contributed by atoms with Crippen molar-refractivity contribution in [2.45, 2.75) is 50.0 Å². The van der Waals surface area contributed by atoms with Crippen molar-refractivity contribution >= 4 is 17.7 Å². The van der Waals surface area contributed by atoms with Crippen LogP contribution in [-0.4, -0.2) is 85.9 Å². The summed E-state index contributed by atoms with van der Waals surface area (Å²) in [5.74, 6) is 1.05. The van der Waals surface area contributed by atoms with Crippen LogP contribution in [0.15, 0.2) is 24.3 Å². The van der Waals surface area contributed by atoms with Crippen molar-refractivity contribution in [2.24, 2.45) is 0 Å². The first kappa shape index (κ1) is 23.7. The predicted octanol–water partition coefficient (Wildman–Crippen LogP) is 2.23. The highest BCUT2D eigenvalue weighted by Crippen LogP contribution is 2.30. The topological polar surface area (TPSA) is 120 Å². The number of aromatic nitrogens is 3. The SMILES string of the molecule is COCC(COC)Oc1nc(-c2ccc(NC(=O)NC3CC3)cc2)nc(N2CC3CCC(C2)O3)n1. The molecule has 2 atom stereocenters. The first-order valence-corrected chi connectivity index (χ1v) is 12.1. The number of benzene rings is 1. The first-order valence-electron chi connectivity index (χ1n) is 12.1. The fourth-order valence-corrected chi connectivity index (χ4v) is 4.37. The van der Waals surface area contributed by atoms with E-state index in [-0.39, 0.29) is 30.4 Å². The predicted molar refractivity (Wildman–Crippen MR) is 129 cm³/mol. The molecule has 2 aliphatic heterocycles. The zero-order valence-corrected chi connectivity index (χ0v) is 20.1. The Labute approximate surface area is 204 Å². The van der Waals surface area contributed by atoms with Crippen molar-refractivity contribution in [3.63, 3.8) is 0 Å². The standard InChI is InChI=1S/C24H32N6O5/c1-32-13-20(14-33-2)35-24-28-21(27-22(29-24)30-11-18-9-10-19(12-30)34-18)15-3-5-16(6-4-15)25-23(31)26-17-7-8-17/h3-6,17-20H,7-14H2,1-2H3,(H2,25,26,31). The Morgan fingerprint density at radius 2 is 1.71 bits per heavy atom. The summed E-state index contributed by atoms with van der Waals surface area (Å²) in [4.78, 5) is 28.2. The molecule has 2 saturated heterocycles. The smallest absolute Gasteiger partial charge is 0.322 e. The largest absolute Gasteiger partial charge is 0.455 e. The normalized spacial score (nSPS) is 21.3. The molecule has 2 unspecified atom stereocenters. The molecule has 3 fully saturated rings. The number of hydrogen-bond donors (Lipinski definition) is 2. The van der Waals surface area contributed by atoms with Crippen LogP contribution in [0.3, 0.4) is 0 Å². The summed E-state index contributed by atoms with van der Waals surface area (Å²) in [6.07, 6.45) is 4.22. The Morgan fingerprint density at radius 1 is 1.03 bits per heavy atom. The molecule has 2 amide bonds. The molecule has 1 aliphatic carbocycles. The van der Waals surface area contributed by atoms with Gasteiger partial charge in [0.05, 0.1) is 25.4 Å². The van der Waals surface area contributed by atoms with Gasteiger partial charge in [0, 0.05) is 44.6 Å². The van der Waals surface area contributed by atoms with Crippen LogP contribution in [0.5, 0.6) is 6.01 Å². The maximum Gasteiger partial charge on any atom is 0.322 e. The van der Waals surface area contributed by atoms with Crippen molar-refractivity contribution in [1.29, 1.82) is 0 Å². The quantitative estimate of drug-likeness (QED) is 0.523. The zero-order chi connectivity index (χ0) is 24.2. The molecule has 5 rings (SSSR count). The van der Waals surface area contributed by atoms with Crippen molar-refractivity contribution in [1.82, 2.24) is 20.3 Å². The zero-order valence-electron chi connectivity index (χ0n) is 20.1. The fraction of sp³-hybridized carbons (Fsp3) is 0.583. The maximum absolute atomic E-state index is 12.0. The van der Waals surface area contributed by atoms with Crippen LogP contribution in [0, 0.1) is 0 Å². The number of rotatable bonds is 10. The lowest BCUT2D eigenvalue weighted by atomic mass is 10.2. The fourth-order valence-electron chi connectivity index (χ4n) is 4.37. The summed E-state index contributed by atoms with van der Waals surface area (Å²) in [5.41, 5.74) is 1.49. The molecule has 0 spiro atoms. The maximum atomic E-state index is 12.0. The van der Waals surface area contributed by atoms with Gasteiger partial charge in [0.25, 0.3) is 0 Å². The summed E-state index contributed by atoms with van der Waals surface area (Å²) in [6.45, 7) is 2.15. The Bertz CT molecular complexity index is 1000. The van der Waals surface area contributed by atoms with Gasteiger partial charge in [-0.1, -0.05) is 0 Å². The molecule has 188 valence electrons. The number of amides is 2. The van der Waals surface area contributed by atoms with Crippen LogP contribution in [0.1, 0.15) is 25.7 Å². The molecule has 35 heavy (non-hydrogen) atoms. The lowest BCUT2D eigenvalue weighted by Crippen LogP contribution is -2.43. The summed E-state index contributed by atoms with van der Waals surface area (Å²) < 4.78 is 22.5. The van der Waals surface area contributed by atoms with Gasteiger partial charge in [-0.15, -0.1) is 0 Å². The minimum Gasteiger partial charge on any atom is -0.455 e. The molecule has 2 N–H and O–H groups in total. The van der Waals surface area contributed by atoms with Gasteiger partial charge in [-0.25, -0.2) is 4.79 Å². The average Bonchev–Trinajstić information content (AvgIpc) is 3.60. The van der Waals surface area contributed by atoms with Gasteiger partial charge >= 0.3 is 12.0 Å². The van der Waals surface area contributed by atoms with E-state index < -0.39 is 0 Å². The third-order valence-corrected chi connectivity index (χ3v) is 6.22. The Kier molecular flexibility index (Phi) is 7.26. The van der Waals surface area contributed by atoms with E-state index in [0.717, 1.165) is 44.3 Å². The molecular weight excluding hydrogens is 452 g/mol. The molecule has 1 saturated carbocycles. The summed E-state index contributed by atoms with van der Waals surface area (Å²) >= 11 is 0. The van der Waals surface area contributed by atoms with E-state index in [0.29, 0.717) is 36.7 Å². The summed E-state index contributed by atoms with van der Waals surface area (Å²) in [6, 6.07) is 7.74. The highest BCUT2D eigenvalue weighted by molar-refractivity contribution is 5.89. The monoisotopic (exact) mass is 484 g/mol. The second-order valence-electron chi connectivity index (χ2n) is 9.20. The van der Waals surface area contributed by atoms with Crippen LogP contribution in [0.4, 0.5) is 16.4 Å². The lowest BCUT2D eigenvalue weighted by molar-refractivity contribution is 0.0190. The van der Waals surface area contributed by atoms with E-state index in [1.54, 1.807) is 14.2 Å². The minimum absolute atomic E-state index is 0.192. The number of fused-ring (bicyclic) bond motifs is 2. The van der Waals surface area contributed by atoms with E-state index in [9.17, 15) is 4.79 Å². The van der Waals surface area contributed by atoms with Crippen LogP contribution in [0.2, 0.25) is 0 Å². The van der Waals surface area contributed by atoms with Gasteiger partial charge in [-0.3, -0.25) is 0 Å². The molecule has 11 heteroatoms. The number of morpholine rings is 1. The van der Waals surface area contributed by atoms with Crippen LogP contribution >= 0.6 is 0 Å². The molecular formula is C24H32N6O5. The number of ether oxygens (including phenoxy) is 4. The number of nitrogens with one attached hydrogen (secondary N) is 2. The van der Waals surface area contributed by atoms with Crippen molar-refractivity contribution in [2.75, 3.05) is 50.7 Å². The molecule has 3 heterocycles. The van der Waals surface area contributed by atoms with E-state index in [1.165, 1.54) is 0 Å². The molecule has 3 aliphatic rings. The third-order valence-electron chi connectivity index (χ3n) is 6.22. The average molecular weight is 485 g/mol. The summed E-state index contributed by atoms with van der Waals surface area (Å²) in [7, 11) is 3.22. The minimum atomic E-state index is -0.356. The molecule has 2 aromatic rings. The molecule has 2 bridgehead atoms. The number of anilines is 2. The van der Waals surface area contributed by atoms with Crippen LogP contribution in [-0.2, 0) is 14.2 Å². The van der Waals surface area contributed by atoms with Gasteiger partial charge < -0.3 is 34.5 Å². The van der Waals surface area contributed by atoms with E-state index in [4.69, 9.17) is 23.9 Å². The van der Waals surface area contributed by atoms with Gasteiger partial charge in [0.15, 0.2) is 5.82 Å².